The molecule has 4 rings (SSSR count). The molecule has 0 bridgehead atoms. The fraction of sp³-hybridized carbons (Fsp3) is 0.344. The van der Waals surface area contributed by atoms with Crippen molar-refractivity contribution in [2.45, 2.75) is 38.8 Å². The van der Waals surface area contributed by atoms with Crippen LogP contribution in [0.25, 0.3) is 0 Å². The minimum atomic E-state index is -0.446. The molecule has 0 spiro atoms. The van der Waals surface area contributed by atoms with E-state index >= 15 is 0 Å². The lowest BCUT2D eigenvalue weighted by Gasteiger charge is -2.34. The fourth-order valence-corrected chi connectivity index (χ4v) is 4.80. The number of aliphatic hydroxyl groups excluding tert-OH is 1. The monoisotopic (exact) mass is 558 g/mol. The molecule has 0 fully saturated rings. The van der Waals surface area contributed by atoms with Gasteiger partial charge in [-0.05, 0) is 42.8 Å². The first kappa shape index (κ1) is 29.6. The van der Waals surface area contributed by atoms with Gasteiger partial charge in [0.1, 0.15) is 11.9 Å². The number of fused-ring (bicyclic) bond motifs is 1. The maximum Gasteiger partial charge on any atom is 0.321 e. The van der Waals surface area contributed by atoms with Crippen molar-refractivity contribution in [3.05, 3.63) is 90.0 Å². The van der Waals surface area contributed by atoms with Gasteiger partial charge in [-0.1, -0.05) is 55.5 Å². The molecule has 1 aliphatic rings. The Bertz CT molecular complexity index is 1330. The smallest absolute Gasteiger partial charge is 0.321 e. The molecule has 3 aromatic carbocycles. The van der Waals surface area contributed by atoms with E-state index in [2.05, 4.69) is 10.6 Å². The molecule has 0 unspecified atom stereocenters. The van der Waals surface area contributed by atoms with Crippen molar-refractivity contribution in [3.8, 4) is 5.75 Å². The molecule has 4 amide bonds. The van der Waals surface area contributed by atoms with Gasteiger partial charge in [-0.25, -0.2) is 4.79 Å². The van der Waals surface area contributed by atoms with Crippen LogP contribution in [0.1, 0.15) is 25.0 Å². The molecule has 1 heterocycles. The highest BCUT2D eigenvalue weighted by molar-refractivity contribution is 5.93. The maximum absolute atomic E-state index is 13.4. The van der Waals surface area contributed by atoms with Gasteiger partial charge in [-0.15, -0.1) is 0 Å². The van der Waals surface area contributed by atoms with Crippen molar-refractivity contribution in [1.82, 2.24) is 9.80 Å². The van der Waals surface area contributed by atoms with Crippen LogP contribution >= 0.6 is 0 Å². The molecule has 0 radical (unpaired) electrons. The number of anilines is 2. The van der Waals surface area contributed by atoms with Crippen LogP contribution in [0, 0.1) is 5.92 Å². The summed E-state index contributed by atoms with van der Waals surface area (Å²) in [6.45, 7) is 4.23. The van der Waals surface area contributed by atoms with E-state index in [0.717, 1.165) is 5.56 Å². The molecular weight excluding hydrogens is 520 g/mol. The predicted octanol–water partition coefficient (Wildman–Crippen LogP) is 4.18. The summed E-state index contributed by atoms with van der Waals surface area (Å²) in [5, 5.41) is 15.7. The number of carbonyl (C=O) groups excluding carboxylic acids is 3. The van der Waals surface area contributed by atoms with Gasteiger partial charge in [0, 0.05) is 36.4 Å². The standard InChI is InChI=1S/C32H38N4O5/c1-22-19-36(23(2)21-37)31(39)18-25-17-27(33-30(38)16-24-10-6-4-7-11-24)14-15-28(25)41-29(22)20-35(3)32(40)34-26-12-8-5-9-13-26/h4-15,17,22-23,29,37H,16,18-21H2,1-3H3,(H,33,38)(H,34,40)/t22-,23-,29-/m0/s1. The van der Waals surface area contributed by atoms with E-state index in [-0.39, 0.29) is 55.8 Å². The molecule has 216 valence electrons. The summed E-state index contributed by atoms with van der Waals surface area (Å²) in [5.41, 5.74) is 2.77. The van der Waals surface area contributed by atoms with Crippen LogP contribution in [0.4, 0.5) is 16.2 Å². The van der Waals surface area contributed by atoms with E-state index in [1.807, 2.05) is 67.6 Å². The number of likely N-dealkylation sites (N-methyl/N-ethyl adjacent to an activating group) is 1. The Labute approximate surface area is 241 Å². The highest BCUT2D eigenvalue weighted by Gasteiger charge is 2.32. The van der Waals surface area contributed by atoms with Crippen molar-refractivity contribution in [2.24, 2.45) is 5.92 Å². The highest BCUT2D eigenvalue weighted by atomic mass is 16.5. The summed E-state index contributed by atoms with van der Waals surface area (Å²) in [4.78, 5) is 42.3. The number of ether oxygens (including phenoxy) is 1. The van der Waals surface area contributed by atoms with Crippen LogP contribution in [-0.4, -0.2) is 71.6 Å². The number of urea groups is 1. The predicted molar refractivity (Wildman–Crippen MR) is 159 cm³/mol. The normalized spacial score (nSPS) is 17.7. The van der Waals surface area contributed by atoms with Crippen molar-refractivity contribution in [1.29, 1.82) is 0 Å². The molecule has 3 aromatic rings. The third-order valence-corrected chi connectivity index (χ3v) is 7.23. The van der Waals surface area contributed by atoms with Crippen LogP contribution in [0.3, 0.4) is 0 Å². The van der Waals surface area contributed by atoms with Crippen LogP contribution < -0.4 is 15.4 Å². The summed E-state index contributed by atoms with van der Waals surface area (Å²) >= 11 is 0. The number of hydrogen-bond donors (Lipinski definition) is 3. The average Bonchev–Trinajstić information content (AvgIpc) is 3.01. The third-order valence-electron chi connectivity index (χ3n) is 7.23. The van der Waals surface area contributed by atoms with E-state index in [9.17, 15) is 19.5 Å². The second-order valence-corrected chi connectivity index (χ2v) is 10.6. The molecule has 0 saturated heterocycles. The first-order valence-corrected chi connectivity index (χ1v) is 13.8. The van der Waals surface area contributed by atoms with Gasteiger partial charge < -0.3 is 30.3 Å². The molecule has 9 heteroatoms. The van der Waals surface area contributed by atoms with E-state index in [0.29, 0.717) is 29.2 Å². The lowest BCUT2D eigenvalue weighted by atomic mass is 10.0. The van der Waals surface area contributed by atoms with Gasteiger partial charge in [0.05, 0.1) is 32.0 Å². The van der Waals surface area contributed by atoms with E-state index < -0.39 is 6.10 Å². The van der Waals surface area contributed by atoms with E-state index in [4.69, 9.17) is 4.74 Å². The Morgan fingerprint density at radius 3 is 2.39 bits per heavy atom. The van der Waals surface area contributed by atoms with Gasteiger partial charge in [0.25, 0.3) is 0 Å². The zero-order valence-electron chi connectivity index (χ0n) is 23.7. The molecule has 3 N–H and O–H groups in total. The summed E-state index contributed by atoms with van der Waals surface area (Å²) < 4.78 is 6.49. The number of nitrogens with zero attached hydrogens (tertiary/aromatic N) is 2. The first-order chi connectivity index (χ1) is 19.7. The number of carbonyl (C=O) groups is 3. The largest absolute Gasteiger partial charge is 0.488 e. The third kappa shape index (κ3) is 8.08. The maximum atomic E-state index is 13.4. The van der Waals surface area contributed by atoms with Gasteiger partial charge in [-0.2, -0.15) is 0 Å². The zero-order chi connectivity index (χ0) is 29.4. The molecule has 0 saturated carbocycles. The summed E-state index contributed by atoms with van der Waals surface area (Å²) in [5.74, 6) is 0.0501. The summed E-state index contributed by atoms with van der Waals surface area (Å²) in [6, 6.07) is 23.3. The molecule has 0 aromatic heterocycles. The lowest BCUT2D eigenvalue weighted by molar-refractivity contribution is -0.134. The van der Waals surface area contributed by atoms with E-state index in [1.54, 1.807) is 42.0 Å². The van der Waals surface area contributed by atoms with Crippen LogP contribution in [0.5, 0.6) is 5.75 Å². The second-order valence-electron chi connectivity index (χ2n) is 10.6. The summed E-state index contributed by atoms with van der Waals surface area (Å²) in [7, 11) is 1.70. The second kappa shape index (κ2) is 13.8. The Hall–Kier alpha value is -4.37. The highest BCUT2D eigenvalue weighted by Crippen LogP contribution is 2.29. The van der Waals surface area contributed by atoms with Crippen LogP contribution in [0.15, 0.2) is 78.9 Å². The fourth-order valence-electron chi connectivity index (χ4n) is 4.80. The minimum Gasteiger partial charge on any atom is -0.488 e. The van der Waals surface area contributed by atoms with Crippen molar-refractivity contribution in [2.75, 3.05) is 37.4 Å². The number of nitrogens with one attached hydrogen (secondary N) is 2. The van der Waals surface area contributed by atoms with Gasteiger partial charge in [0.15, 0.2) is 0 Å². The minimum absolute atomic E-state index is 0.0475. The topological polar surface area (TPSA) is 111 Å². The van der Waals surface area contributed by atoms with Crippen LogP contribution in [-0.2, 0) is 22.4 Å². The number of hydrogen-bond acceptors (Lipinski definition) is 5. The summed E-state index contributed by atoms with van der Waals surface area (Å²) in [6.07, 6.45) is -0.170. The Balaban J connectivity index is 1.56. The molecule has 3 atom stereocenters. The lowest BCUT2D eigenvalue weighted by Crippen LogP contribution is -2.48. The van der Waals surface area contributed by atoms with Crippen LogP contribution in [0.2, 0.25) is 0 Å². The van der Waals surface area contributed by atoms with Crippen molar-refractivity contribution in [3.63, 3.8) is 0 Å². The molecular formula is C32H38N4O5. The van der Waals surface area contributed by atoms with Gasteiger partial charge in [-0.3, -0.25) is 9.59 Å². The average molecular weight is 559 g/mol. The Morgan fingerprint density at radius 1 is 1.02 bits per heavy atom. The number of benzene rings is 3. The molecule has 9 nitrogen and oxygen atoms in total. The van der Waals surface area contributed by atoms with Gasteiger partial charge >= 0.3 is 6.03 Å². The quantitative estimate of drug-likeness (QED) is 0.384. The Morgan fingerprint density at radius 2 is 1.71 bits per heavy atom. The van der Waals surface area contributed by atoms with Crippen molar-refractivity contribution < 1.29 is 24.2 Å². The van der Waals surface area contributed by atoms with E-state index in [1.165, 1.54) is 0 Å². The molecule has 41 heavy (non-hydrogen) atoms. The number of rotatable bonds is 8. The van der Waals surface area contributed by atoms with Gasteiger partial charge in [0.2, 0.25) is 11.8 Å². The first-order valence-electron chi connectivity index (χ1n) is 13.8. The molecule has 0 aliphatic carbocycles. The SMILES string of the molecule is C[C@H]1CN([C@@H](C)CO)C(=O)Cc2cc(NC(=O)Cc3ccccc3)ccc2O[C@H]1CN(C)C(=O)Nc1ccccc1. The Kier molecular flexibility index (Phi) is 9.97. The number of aliphatic hydroxyl groups is 1. The zero-order valence-corrected chi connectivity index (χ0v) is 23.7. The number of amides is 4. The molecule has 1 aliphatic heterocycles. The van der Waals surface area contributed by atoms with Crippen molar-refractivity contribution >= 4 is 29.2 Å². The number of para-hydroxylation sites is 1.